The number of hydrogen-bond donors (Lipinski definition) is 1. The quantitative estimate of drug-likeness (QED) is 0.832. The van der Waals surface area contributed by atoms with E-state index in [0.717, 1.165) is 19.4 Å². The molecule has 1 saturated heterocycles. The first kappa shape index (κ1) is 15.7. The second-order valence-corrected chi connectivity index (χ2v) is 6.14. The van der Waals surface area contributed by atoms with Crippen LogP contribution in [0.5, 0.6) is 0 Å². The van der Waals surface area contributed by atoms with E-state index in [1.54, 1.807) is 24.3 Å². The van der Waals surface area contributed by atoms with Gasteiger partial charge in [-0.25, -0.2) is 0 Å². The SMILES string of the molecule is O=C(O)C1CCCN(CCCN2C(=O)c3ccccc3C2=O)C1. The van der Waals surface area contributed by atoms with Crippen LogP contribution < -0.4 is 0 Å². The Morgan fingerprint density at radius 3 is 2.39 bits per heavy atom. The van der Waals surface area contributed by atoms with Gasteiger partial charge in [0.05, 0.1) is 17.0 Å². The van der Waals surface area contributed by atoms with E-state index in [0.29, 0.717) is 37.2 Å². The van der Waals surface area contributed by atoms with Crippen LogP contribution in [0.15, 0.2) is 24.3 Å². The molecule has 0 aliphatic carbocycles. The zero-order valence-electron chi connectivity index (χ0n) is 12.9. The number of carboxylic acid groups (broad SMARTS) is 1. The molecule has 0 aromatic heterocycles. The zero-order valence-corrected chi connectivity index (χ0v) is 12.9. The Morgan fingerprint density at radius 1 is 1.13 bits per heavy atom. The molecule has 1 aromatic rings. The molecule has 0 radical (unpaired) electrons. The molecule has 0 saturated carbocycles. The number of fused-ring (bicyclic) bond motifs is 1. The van der Waals surface area contributed by atoms with Crippen LogP contribution in [-0.4, -0.2) is 58.9 Å². The van der Waals surface area contributed by atoms with Gasteiger partial charge in [-0.3, -0.25) is 19.3 Å². The number of aliphatic carboxylic acids is 1. The number of imide groups is 1. The number of hydrogen-bond acceptors (Lipinski definition) is 4. The minimum absolute atomic E-state index is 0.229. The first-order chi connectivity index (χ1) is 11.1. The summed E-state index contributed by atoms with van der Waals surface area (Å²) < 4.78 is 0. The highest BCUT2D eigenvalue weighted by atomic mass is 16.4. The first-order valence-electron chi connectivity index (χ1n) is 7.98. The average molecular weight is 316 g/mol. The Labute approximate surface area is 134 Å². The summed E-state index contributed by atoms with van der Waals surface area (Å²) in [5.41, 5.74) is 0.947. The molecule has 0 spiro atoms. The summed E-state index contributed by atoms with van der Waals surface area (Å²) in [4.78, 5) is 39.0. The second-order valence-electron chi connectivity index (χ2n) is 6.14. The molecular weight excluding hydrogens is 296 g/mol. The molecule has 122 valence electrons. The van der Waals surface area contributed by atoms with E-state index in [4.69, 9.17) is 5.11 Å². The fourth-order valence-corrected chi connectivity index (χ4v) is 3.35. The van der Waals surface area contributed by atoms with Crippen molar-refractivity contribution < 1.29 is 19.5 Å². The van der Waals surface area contributed by atoms with E-state index >= 15 is 0 Å². The molecule has 2 heterocycles. The number of piperidine rings is 1. The van der Waals surface area contributed by atoms with Crippen LogP contribution in [0.2, 0.25) is 0 Å². The van der Waals surface area contributed by atoms with E-state index in [1.807, 2.05) is 0 Å². The second kappa shape index (κ2) is 6.50. The average Bonchev–Trinajstić information content (AvgIpc) is 2.80. The maximum atomic E-state index is 12.2. The predicted molar refractivity (Wildman–Crippen MR) is 83.2 cm³/mol. The number of amides is 2. The van der Waals surface area contributed by atoms with Crippen LogP contribution >= 0.6 is 0 Å². The van der Waals surface area contributed by atoms with Crippen molar-refractivity contribution in [3.05, 3.63) is 35.4 Å². The van der Waals surface area contributed by atoms with Crippen molar-refractivity contribution in [2.75, 3.05) is 26.2 Å². The summed E-state index contributed by atoms with van der Waals surface area (Å²) in [6.45, 7) is 2.52. The summed E-state index contributed by atoms with van der Waals surface area (Å²) in [6, 6.07) is 6.87. The molecule has 6 nitrogen and oxygen atoms in total. The van der Waals surface area contributed by atoms with Gasteiger partial charge >= 0.3 is 5.97 Å². The van der Waals surface area contributed by atoms with Crippen LogP contribution in [0.1, 0.15) is 40.0 Å². The molecule has 1 aromatic carbocycles. The number of carbonyl (C=O) groups is 3. The Bertz CT molecular complexity index is 608. The molecule has 1 fully saturated rings. The number of likely N-dealkylation sites (tertiary alicyclic amines) is 1. The van der Waals surface area contributed by atoms with Crippen molar-refractivity contribution in [3.8, 4) is 0 Å². The van der Waals surface area contributed by atoms with Gasteiger partial charge in [-0.2, -0.15) is 0 Å². The van der Waals surface area contributed by atoms with Gasteiger partial charge in [0.2, 0.25) is 0 Å². The third kappa shape index (κ3) is 3.12. The molecule has 1 unspecified atom stereocenters. The molecule has 2 aliphatic heterocycles. The van der Waals surface area contributed by atoms with Gasteiger partial charge in [-0.05, 0) is 44.5 Å². The Balaban J connectivity index is 1.53. The van der Waals surface area contributed by atoms with Crippen molar-refractivity contribution in [1.82, 2.24) is 9.80 Å². The summed E-state index contributed by atoms with van der Waals surface area (Å²) in [5.74, 6) is -1.50. The number of benzene rings is 1. The minimum atomic E-state index is -0.741. The van der Waals surface area contributed by atoms with Gasteiger partial charge in [0.15, 0.2) is 0 Å². The fraction of sp³-hybridized carbons (Fsp3) is 0.471. The smallest absolute Gasteiger partial charge is 0.307 e. The normalized spacial score (nSPS) is 21.6. The highest BCUT2D eigenvalue weighted by Crippen LogP contribution is 2.23. The molecule has 3 rings (SSSR count). The van der Waals surface area contributed by atoms with Crippen molar-refractivity contribution in [2.24, 2.45) is 5.92 Å². The van der Waals surface area contributed by atoms with Gasteiger partial charge in [0, 0.05) is 13.1 Å². The number of carbonyl (C=O) groups excluding carboxylic acids is 2. The fourth-order valence-electron chi connectivity index (χ4n) is 3.35. The van der Waals surface area contributed by atoms with Gasteiger partial charge in [0.25, 0.3) is 11.8 Å². The van der Waals surface area contributed by atoms with E-state index in [1.165, 1.54) is 4.90 Å². The topological polar surface area (TPSA) is 77.9 Å². The maximum absolute atomic E-state index is 12.2. The van der Waals surface area contributed by atoms with E-state index in [-0.39, 0.29) is 17.7 Å². The van der Waals surface area contributed by atoms with Crippen molar-refractivity contribution >= 4 is 17.8 Å². The lowest BCUT2D eigenvalue weighted by Crippen LogP contribution is -2.40. The van der Waals surface area contributed by atoms with Gasteiger partial charge in [-0.15, -0.1) is 0 Å². The lowest BCUT2D eigenvalue weighted by atomic mass is 9.98. The Morgan fingerprint density at radius 2 is 1.78 bits per heavy atom. The lowest BCUT2D eigenvalue weighted by Gasteiger charge is -2.30. The number of nitrogens with zero attached hydrogens (tertiary/aromatic N) is 2. The minimum Gasteiger partial charge on any atom is -0.481 e. The van der Waals surface area contributed by atoms with Crippen LogP contribution in [-0.2, 0) is 4.79 Å². The molecular formula is C17H20N2O4. The lowest BCUT2D eigenvalue weighted by molar-refractivity contribution is -0.143. The predicted octanol–water partition coefficient (Wildman–Crippen LogP) is 1.47. The van der Waals surface area contributed by atoms with Crippen LogP contribution in [0.4, 0.5) is 0 Å². The molecule has 2 aliphatic rings. The van der Waals surface area contributed by atoms with E-state index in [2.05, 4.69) is 4.90 Å². The van der Waals surface area contributed by atoms with Gasteiger partial charge in [0.1, 0.15) is 0 Å². The van der Waals surface area contributed by atoms with E-state index in [9.17, 15) is 14.4 Å². The molecule has 23 heavy (non-hydrogen) atoms. The molecule has 0 bridgehead atoms. The summed E-state index contributed by atoms with van der Waals surface area (Å²) in [5, 5.41) is 9.10. The van der Waals surface area contributed by atoms with E-state index < -0.39 is 5.97 Å². The van der Waals surface area contributed by atoms with Crippen molar-refractivity contribution in [1.29, 1.82) is 0 Å². The summed E-state index contributed by atoms with van der Waals surface area (Å²) in [6.07, 6.45) is 2.27. The number of carboxylic acids is 1. The van der Waals surface area contributed by atoms with Gasteiger partial charge in [-0.1, -0.05) is 12.1 Å². The summed E-state index contributed by atoms with van der Waals surface area (Å²) in [7, 11) is 0. The van der Waals surface area contributed by atoms with Crippen molar-refractivity contribution in [2.45, 2.75) is 19.3 Å². The monoisotopic (exact) mass is 316 g/mol. The maximum Gasteiger partial charge on any atom is 0.307 e. The third-order valence-corrected chi connectivity index (χ3v) is 4.59. The Hall–Kier alpha value is -2.21. The molecule has 1 N–H and O–H groups in total. The molecule has 6 heteroatoms. The first-order valence-corrected chi connectivity index (χ1v) is 7.98. The van der Waals surface area contributed by atoms with Crippen molar-refractivity contribution in [3.63, 3.8) is 0 Å². The third-order valence-electron chi connectivity index (χ3n) is 4.59. The molecule has 1 atom stereocenters. The van der Waals surface area contributed by atoms with Crippen LogP contribution in [0, 0.1) is 5.92 Å². The largest absolute Gasteiger partial charge is 0.481 e. The van der Waals surface area contributed by atoms with Gasteiger partial charge < -0.3 is 10.0 Å². The molecule has 2 amide bonds. The summed E-state index contributed by atoms with van der Waals surface area (Å²) >= 11 is 0. The Kier molecular flexibility index (Phi) is 4.43. The number of rotatable bonds is 5. The van der Waals surface area contributed by atoms with Crippen LogP contribution in [0.25, 0.3) is 0 Å². The van der Waals surface area contributed by atoms with Crippen LogP contribution in [0.3, 0.4) is 0 Å². The highest BCUT2D eigenvalue weighted by Gasteiger charge is 2.34. The highest BCUT2D eigenvalue weighted by molar-refractivity contribution is 6.21. The standard InChI is InChI=1S/C17H20N2O4/c20-15-13-6-1-2-7-14(13)16(21)19(15)10-4-9-18-8-3-5-12(11-18)17(22)23/h1-2,6-7,12H,3-5,8-11H2,(H,22,23). The zero-order chi connectivity index (χ0) is 16.4.